The zero-order valence-corrected chi connectivity index (χ0v) is 12.8. The molecule has 6 nitrogen and oxygen atoms in total. The molecule has 1 fully saturated rings. The van der Waals surface area contributed by atoms with Crippen LogP contribution in [0.2, 0.25) is 0 Å². The Labute approximate surface area is 131 Å². The number of rotatable bonds is 3. The number of para-hydroxylation sites is 1. The van der Waals surface area contributed by atoms with E-state index in [1.807, 2.05) is 30.3 Å². The van der Waals surface area contributed by atoms with Crippen molar-refractivity contribution in [2.45, 2.75) is 12.5 Å². The molecule has 2 aromatic rings. The molecule has 0 aliphatic carbocycles. The maximum Gasteiger partial charge on any atom is 0.305 e. The van der Waals surface area contributed by atoms with E-state index in [1.54, 1.807) is 11.9 Å². The van der Waals surface area contributed by atoms with Crippen molar-refractivity contribution in [3.8, 4) is 0 Å². The molecule has 1 N–H and O–H groups in total. The lowest BCUT2D eigenvalue weighted by atomic mass is 10.2. The summed E-state index contributed by atoms with van der Waals surface area (Å²) in [6, 6.07) is 8.89. The first kappa shape index (κ1) is 14.5. The summed E-state index contributed by atoms with van der Waals surface area (Å²) in [6.45, 7) is 0.575. The summed E-state index contributed by atoms with van der Waals surface area (Å²) in [6.07, 6.45) is 0.574. The number of hydrogen-bond donors (Lipinski definition) is 1. The largest absolute Gasteiger partial charge is 0.328 e. The lowest BCUT2D eigenvalue weighted by Gasteiger charge is -2.23. The molecule has 1 saturated heterocycles. The van der Waals surface area contributed by atoms with Crippen molar-refractivity contribution >= 4 is 28.8 Å². The number of aromatic nitrogens is 1. The fourth-order valence-electron chi connectivity index (χ4n) is 2.61. The summed E-state index contributed by atoms with van der Waals surface area (Å²) in [7, 11) is 1.59. The molecule has 7 heteroatoms. The molecule has 1 atom stereocenters. The molecule has 1 aliphatic heterocycles. The highest BCUT2D eigenvalue weighted by molar-refractivity contribution is 7.07. The van der Waals surface area contributed by atoms with Crippen LogP contribution in [0.15, 0.2) is 40.5 Å². The second-order valence-corrected chi connectivity index (χ2v) is 5.95. The van der Waals surface area contributed by atoms with Crippen LogP contribution >= 0.6 is 11.3 Å². The van der Waals surface area contributed by atoms with Crippen molar-refractivity contribution in [1.29, 1.82) is 0 Å². The Morgan fingerprint density at radius 1 is 1.32 bits per heavy atom. The fraction of sp³-hybridized carbons (Fsp3) is 0.267. The number of amides is 2. The number of carbonyl (C=O) groups excluding carboxylic acids is 2. The molecule has 1 aromatic heterocycles. The second-order valence-electron chi connectivity index (χ2n) is 5.11. The van der Waals surface area contributed by atoms with Gasteiger partial charge < -0.3 is 14.8 Å². The van der Waals surface area contributed by atoms with Crippen LogP contribution in [0.25, 0.3) is 0 Å². The first-order valence-corrected chi connectivity index (χ1v) is 7.77. The van der Waals surface area contributed by atoms with Gasteiger partial charge in [-0.05, 0) is 18.6 Å². The summed E-state index contributed by atoms with van der Waals surface area (Å²) in [5.74, 6) is -0.439. The SMILES string of the molecule is CN(C(=O)c1csc(=O)[nH]1)C1CCN(c2ccccc2)C1=O. The first-order valence-electron chi connectivity index (χ1n) is 6.89. The van der Waals surface area contributed by atoms with E-state index in [2.05, 4.69) is 4.98 Å². The minimum absolute atomic E-state index is 0.0976. The topological polar surface area (TPSA) is 73.5 Å². The van der Waals surface area contributed by atoms with Gasteiger partial charge in [0.25, 0.3) is 5.91 Å². The Balaban J connectivity index is 1.77. The number of aromatic amines is 1. The molecule has 1 aromatic carbocycles. The van der Waals surface area contributed by atoms with Crippen molar-refractivity contribution in [1.82, 2.24) is 9.88 Å². The van der Waals surface area contributed by atoms with Crippen LogP contribution in [0.1, 0.15) is 16.9 Å². The summed E-state index contributed by atoms with van der Waals surface area (Å²) >= 11 is 0.937. The van der Waals surface area contributed by atoms with Gasteiger partial charge in [-0.15, -0.1) is 0 Å². The van der Waals surface area contributed by atoms with E-state index in [0.29, 0.717) is 13.0 Å². The Hall–Kier alpha value is -2.41. The number of nitrogens with one attached hydrogen (secondary N) is 1. The molecule has 1 aliphatic rings. The second kappa shape index (κ2) is 5.76. The highest BCUT2D eigenvalue weighted by atomic mass is 32.1. The van der Waals surface area contributed by atoms with Crippen LogP contribution in [0.3, 0.4) is 0 Å². The number of thiazole rings is 1. The Bertz CT molecular complexity index is 753. The summed E-state index contributed by atoms with van der Waals surface area (Å²) < 4.78 is 0. The van der Waals surface area contributed by atoms with E-state index in [4.69, 9.17) is 0 Å². The average Bonchev–Trinajstić information content (AvgIpc) is 3.13. The van der Waals surface area contributed by atoms with Crippen LogP contribution in [-0.4, -0.2) is 41.3 Å². The van der Waals surface area contributed by atoms with Crippen molar-refractivity contribution in [3.63, 3.8) is 0 Å². The Morgan fingerprint density at radius 2 is 2.05 bits per heavy atom. The quantitative estimate of drug-likeness (QED) is 0.928. The summed E-state index contributed by atoms with van der Waals surface area (Å²) in [5.41, 5.74) is 1.06. The third kappa shape index (κ3) is 2.55. The van der Waals surface area contributed by atoms with Gasteiger partial charge in [-0.25, -0.2) is 0 Å². The lowest BCUT2D eigenvalue weighted by Crippen LogP contribution is -2.43. The molecule has 114 valence electrons. The van der Waals surface area contributed by atoms with Crippen molar-refractivity contribution in [2.75, 3.05) is 18.5 Å². The highest BCUT2D eigenvalue weighted by Crippen LogP contribution is 2.24. The minimum atomic E-state index is -0.504. The van der Waals surface area contributed by atoms with Crippen LogP contribution in [-0.2, 0) is 4.79 Å². The first-order chi connectivity index (χ1) is 10.6. The van der Waals surface area contributed by atoms with Crippen molar-refractivity contribution in [2.24, 2.45) is 0 Å². The number of nitrogens with zero attached hydrogens (tertiary/aromatic N) is 2. The third-order valence-electron chi connectivity index (χ3n) is 3.78. The minimum Gasteiger partial charge on any atom is -0.328 e. The number of benzene rings is 1. The van der Waals surface area contributed by atoms with Gasteiger partial charge in [-0.3, -0.25) is 14.4 Å². The van der Waals surface area contributed by atoms with Gasteiger partial charge in [0, 0.05) is 24.7 Å². The number of carbonyl (C=O) groups is 2. The van der Waals surface area contributed by atoms with Crippen LogP contribution in [0.5, 0.6) is 0 Å². The van der Waals surface area contributed by atoms with Gasteiger partial charge in [-0.2, -0.15) is 0 Å². The van der Waals surface area contributed by atoms with Crippen LogP contribution in [0, 0.1) is 0 Å². The zero-order chi connectivity index (χ0) is 15.7. The highest BCUT2D eigenvalue weighted by Gasteiger charge is 2.37. The van der Waals surface area contributed by atoms with Crippen LogP contribution in [0.4, 0.5) is 5.69 Å². The van der Waals surface area contributed by atoms with Crippen LogP contribution < -0.4 is 9.77 Å². The number of H-pyrrole nitrogens is 1. The maximum atomic E-state index is 12.6. The molecule has 0 saturated carbocycles. The molecule has 3 rings (SSSR count). The normalized spacial score (nSPS) is 17.8. The van der Waals surface area contributed by atoms with Gasteiger partial charge in [0.2, 0.25) is 5.91 Å². The van der Waals surface area contributed by atoms with E-state index < -0.39 is 6.04 Å². The molecule has 1 unspecified atom stereocenters. The van der Waals surface area contributed by atoms with E-state index in [-0.39, 0.29) is 22.4 Å². The van der Waals surface area contributed by atoms with Crippen molar-refractivity contribution < 1.29 is 9.59 Å². The third-order valence-corrected chi connectivity index (χ3v) is 4.45. The molecule has 2 heterocycles. The van der Waals surface area contributed by atoms with E-state index in [0.717, 1.165) is 17.0 Å². The maximum absolute atomic E-state index is 12.6. The predicted octanol–water partition coefficient (Wildman–Crippen LogP) is 1.31. The van der Waals surface area contributed by atoms with Gasteiger partial charge in [0.05, 0.1) is 0 Å². The molecular weight excluding hydrogens is 302 g/mol. The van der Waals surface area contributed by atoms with Gasteiger partial charge in [0.1, 0.15) is 11.7 Å². The summed E-state index contributed by atoms with van der Waals surface area (Å²) in [4.78, 5) is 41.3. The van der Waals surface area contributed by atoms with E-state index in [9.17, 15) is 14.4 Å². The van der Waals surface area contributed by atoms with Crippen molar-refractivity contribution in [3.05, 3.63) is 51.1 Å². The van der Waals surface area contributed by atoms with E-state index >= 15 is 0 Å². The van der Waals surface area contributed by atoms with Gasteiger partial charge in [0.15, 0.2) is 0 Å². The predicted molar refractivity (Wildman–Crippen MR) is 84.2 cm³/mol. The zero-order valence-electron chi connectivity index (χ0n) is 12.0. The Morgan fingerprint density at radius 3 is 2.68 bits per heavy atom. The molecule has 2 amide bonds. The fourth-order valence-corrected chi connectivity index (χ4v) is 3.16. The molecule has 0 radical (unpaired) electrons. The molecule has 22 heavy (non-hydrogen) atoms. The number of anilines is 1. The van der Waals surface area contributed by atoms with Gasteiger partial charge in [-0.1, -0.05) is 29.5 Å². The standard InChI is InChI=1S/C15H15N3O3S/c1-17(13(19)11-9-22-15(21)16-11)12-7-8-18(14(12)20)10-5-3-2-4-6-10/h2-6,9,12H,7-8H2,1H3,(H,16,21). The number of hydrogen-bond acceptors (Lipinski definition) is 4. The molecular formula is C15H15N3O3S. The number of likely N-dealkylation sites (N-methyl/N-ethyl adjacent to an activating group) is 1. The van der Waals surface area contributed by atoms with E-state index in [1.165, 1.54) is 10.3 Å². The Kier molecular flexibility index (Phi) is 3.81. The summed E-state index contributed by atoms with van der Waals surface area (Å²) in [5, 5.41) is 1.48. The molecule has 0 bridgehead atoms. The van der Waals surface area contributed by atoms with Gasteiger partial charge >= 0.3 is 4.87 Å². The monoisotopic (exact) mass is 317 g/mol. The smallest absolute Gasteiger partial charge is 0.305 e. The average molecular weight is 317 g/mol. The molecule has 0 spiro atoms. The lowest BCUT2D eigenvalue weighted by molar-refractivity contribution is -0.120.